The molecule has 0 bridgehead atoms. The predicted octanol–water partition coefficient (Wildman–Crippen LogP) is 20.9. The van der Waals surface area contributed by atoms with Crippen molar-refractivity contribution < 1.29 is 28.6 Å². The first-order valence-corrected chi connectivity index (χ1v) is 31.2. The summed E-state index contributed by atoms with van der Waals surface area (Å²) in [5.74, 6) is -0.845. The van der Waals surface area contributed by atoms with Gasteiger partial charge in [0.05, 0.1) is 0 Å². The lowest BCUT2D eigenvalue weighted by Crippen LogP contribution is -2.30. The monoisotopic (exact) mass is 973 g/mol. The quantitative estimate of drug-likeness (QED) is 0.0261. The molecule has 0 saturated heterocycles. The first-order valence-electron chi connectivity index (χ1n) is 31.2. The molecule has 1 atom stereocenters. The zero-order valence-corrected chi connectivity index (χ0v) is 46.9. The third-order valence-electron chi connectivity index (χ3n) is 14.3. The van der Waals surface area contributed by atoms with Crippen LogP contribution in [0.25, 0.3) is 0 Å². The van der Waals surface area contributed by atoms with Gasteiger partial charge in [-0.2, -0.15) is 0 Å². The summed E-state index contributed by atoms with van der Waals surface area (Å²) < 4.78 is 16.9. The van der Waals surface area contributed by atoms with Crippen LogP contribution in [0.2, 0.25) is 0 Å². The average molecular weight is 974 g/mol. The maximum Gasteiger partial charge on any atom is 0.306 e. The van der Waals surface area contributed by atoms with Crippen LogP contribution >= 0.6 is 0 Å². The molecule has 0 aliphatic carbocycles. The van der Waals surface area contributed by atoms with Crippen molar-refractivity contribution in [1.82, 2.24) is 0 Å². The fourth-order valence-corrected chi connectivity index (χ4v) is 9.56. The number of hydrogen-bond donors (Lipinski definition) is 0. The van der Waals surface area contributed by atoms with Crippen molar-refractivity contribution in [2.75, 3.05) is 13.2 Å². The number of carbonyl (C=O) groups is 3. The third kappa shape index (κ3) is 56.9. The molecular weight excluding hydrogens is 853 g/mol. The minimum absolute atomic E-state index is 0.0660. The van der Waals surface area contributed by atoms with Crippen molar-refractivity contribution in [2.45, 2.75) is 361 Å². The van der Waals surface area contributed by atoms with Crippen LogP contribution < -0.4 is 0 Å². The molecule has 0 aliphatic heterocycles. The van der Waals surface area contributed by atoms with E-state index in [2.05, 4.69) is 32.9 Å². The molecule has 0 aromatic rings. The van der Waals surface area contributed by atoms with Crippen molar-refractivity contribution in [3.8, 4) is 0 Å². The standard InChI is InChI=1S/C63H120O6/c1-4-7-10-13-16-19-22-25-28-30-32-35-38-41-44-47-50-53-56-62(65)68-59-60(58-67-61(64)55-52-49-46-43-40-37-34-27-24-21-18-15-12-9-6-3)69-63(66)57-54-51-48-45-42-39-36-33-31-29-26-23-20-17-14-11-8-5-2/h27,34,60H,4-26,28-33,35-59H2,1-3H3/b34-27-. The fourth-order valence-electron chi connectivity index (χ4n) is 9.56. The van der Waals surface area contributed by atoms with Crippen molar-refractivity contribution >= 4 is 17.9 Å². The van der Waals surface area contributed by atoms with E-state index in [0.29, 0.717) is 19.3 Å². The van der Waals surface area contributed by atoms with Gasteiger partial charge in [0.15, 0.2) is 6.10 Å². The van der Waals surface area contributed by atoms with Crippen LogP contribution in [-0.2, 0) is 28.6 Å². The Morgan fingerprint density at radius 3 is 0.725 bits per heavy atom. The summed E-state index contributed by atoms with van der Waals surface area (Å²) in [6.07, 6.45) is 67.8. The lowest BCUT2D eigenvalue weighted by atomic mass is 10.0. The van der Waals surface area contributed by atoms with Gasteiger partial charge in [0.25, 0.3) is 0 Å². The van der Waals surface area contributed by atoms with E-state index in [-0.39, 0.29) is 31.1 Å². The average Bonchev–Trinajstić information content (AvgIpc) is 3.35. The third-order valence-corrected chi connectivity index (χ3v) is 14.3. The Labute approximate surface area is 431 Å². The first-order chi connectivity index (χ1) is 34.0. The van der Waals surface area contributed by atoms with Gasteiger partial charge in [-0.05, 0) is 44.9 Å². The van der Waals surface area contributed by atoms with Crippen LogP contribution in [0.15, 0.2) is 12.2 Å². The van der Waals surface area contributed by atoms with E-state index in [0.717, 1.165) is 64.2 Å². The van der Waals surface area contributed by atoms with Gasteiger partial charge in [-0.15, -0.1) is 0 Å². The van der Waals surface area contributed by atoms with Crippen LogP contribution in [-0.4, -0.2) is 37.2 Å². The second-order valence-corrected chi connectivity index (χ2v) is 21.3. The van der Waals surface area contributed by atoms with Crippen molar-refractivity contribution in [3.05, 3.63) is 12.2 Å². The number of hydrogen-bond acceptors (Lipinski definition) is 6. The smallest absolute Gasteiger partial charge is 0.306 e. The van der Waals surface area contributed by atoms with E-state index in [1.54, 1.807) is 0 Å². The summed E-state index contributed by atoms with van der Waals surface area (Å²) in [6, 6.07) is 0. The Kier molecular flexibility index (Phi) is 57.1. The van der Waals surface area contributed by atoms with E-state index in [1.807, 2.05) is 0 Å². The molecule has 0 aromatic carbocycles. The summed E-state index contributed by atoms with van der Waals surface area (Å²) in [4.78, 5) is 38.3. The largest absolute Gasteiger partial charge is 0.462 e. The normalized spacial score (nSPS) is 12.0. The molecule has 0 heterocycles. The maximum atomic E-state index is 12.9. The number of allylic oxidation sites excluding steroid dienone is 2. The molecule has 0 rings (SSSR count). The van der Waals surface area contributed by atoms with Gasteiger partial charge in [0.1, 0.15) is 13.2 Å². The van der Waals surface area contributed by atoms with Crippen LogP contribution in [0.4, 0.5) is 0 Å². The summed E-state index contributed by atoms with van der Waals surface area (Å²) in [6.45, 7) is 6.70. The fraction of sp³-hybridized carbons (Fsp3) is 0.921. The van der Waals surface area contributed by atoms with Gasteiger partial charge in [0, 0.05) is 19.3 Å². The Bertz CT molecular complexity index is 1070. The molecule has 1 unspecified atom stereocenters. The Morgan fingerprint density at radius 2 is 0.478 bits per heavy atom. The summed E-state index contributed by atoms with van der Waals surface area (Å²) in [5.41, 5.74) is 0. The molecule has 408 valence electrons. The van der Waals surface area contributed by atoms with Crippen LogP contribution in [0.1, 0.15) is 355 Å². The lowest BCUT2D eigenvalue weighted by molar-refractivity contribution is -0.167. The second-order valence-electron chi connectivity index (χ2n) is 21.3. The zero-order valence-electron chi connectivity index (χ0n) is 46.9. The number of rotatable bonds is 58. The van der Waals surface area contributed by atoms with E-state index < -0.39 is 6.10 Å². The molecule has 0 amide bonds. The zero-order chi connectivity index (χ0) is 50.0. The molecule has 0 spiro atoms. The molecule has 0 radical (unpaired) electrons. The Morgan fingerprint density at radius 1 is 0.275 bits per heavy atom. The highest BCUT2D eigenvalue weighted by atomic mass is 16.6. The molecule has 0 fully saturated rings. The lowest BCUT2D eigenvalue weighted by Gasteiger charge is -2.18. The molecule has 0 aromatic heterocycles. The highest BCUT2D eigenvalue weighted by molar-refractivity contribution is 5.71. The predicted molar refractivity (Wildman–Crippen MR) is 298 cm³/mol. The van der Waals surface area contributed by atoms with Gasteiger partial charge in [-0.1, -0.05) is 303 Å². The summed E-state index contributed by atoms with van der Waals surface area (Å²) in [5, 5.41) is 0. The van der Waals surface area contributed by atoms with E-state index in [4.69, 9.17) is 14.2 Å². The number of ether oxygens (including phenoxy) is 3. The van der Waals surface area contributed by atoms with Crippen LogP contribution in [0, 0.1) is 0 Å². The van der Waals surface area contributed by atoms with Gasteiger partial charge in [-0.3, -0.25) is 14.4 Å². The highest BCUT2D eigenvalue weighted by Crippen LogP contribution is 2.18. The summed E-state index contributed by atoms with van der Waals surface area (Å²) in [7, 11) is 0. The van der Waals surface area contributed by atoms with Crippen molar-refractivity contribution in [1.29, 1.82) is 0 Å². The topological polar surface area (TPSA) is 78.9 Å². The maximum absolute atomic E-state index is 12.9. The van der Waals surface area contributed by atoms with Gasteiger partial charge >= 0.3 is 17.9 Å². The summed E-state index contributed by atoms with van der Waals surface area (Å²) >= 11 is 0. The highest BCUT2D eigenvalue weighted by Gasteiger charge is 2.19. The number of esters is 3. The molecule has 0 aliphatic rings. The molecule has 0 N–H and O–H groups in total. The molecule has 6 nitrogen and oxygen atoms in total. The van der Waals surface area contributed by atoms with E-state index >= 15 is 0 Å². The van der Waals surface area contributed by atoms with E-state index in [1.165, 1.54) is 250 Å². The molecule has 0 saturated carbocycles. The van der Waals surface area contributed by atoms with Crippen LogP contribution in [0.5, 0.6) is 0 Å². The van der Waals surface area contributed by atoms with E-state index in [9.17, 15) is 14.4 Å². The second kappa shape index (κ2) is 58.7. The molecule has 6 heteroatoms. The number of carbonyl (C=O) groups excluding carboxylic acids is 3. The van der Waals surface area contributed by atoms with Gasteiger partial charge in [-0.25, -0.2) is 0 Å². The molecular formula is C63H120O6. The Hall–Kier alpha value is -1.85. The van der Waals surface area contributed by atoms with Crippen molar-refractivity contribution in [3.63, 3.8) is 0 Å². The minimum atomic E-state index is -0.768. The van der Waals surface area contributed by atoms with Gasteiger partial charge in [0.2, 0.25) is 0 Å². The van der Waals surface area contributed by atoms with Gasteiger partial charge < -0.3 is 14.2 Å². The Balaban J connectivity index is 4.30. The minimum Gasteiger partial charge on any atom is -0.462 e. The molecule has 69 heavy (non-hydrogen) atoms. The SMILES string of the molecule is CCCCCCCC/C=C\CCCCCCCC(=O)OCC(COC(=O)CCCCCCCCCCCCCCCCCCCC)OC(=O)CCCCCCCCCCCCCCCCCCCC. The number of unbranched alkanes of at least 4 members (excludes halogenated alkanes) is 45. The van der Waals surface area contributed by atoms with Crippen molar-refractivity contribution in [2.24, 2.45) is 0 Å². The first kappa shape index (κ1) is 67.1. The van der Waals surface area contributed by atoms with Crippen LogP contribution in [0.3, 0.4) is 0 Å².